The van der Waals surface area contributed by atoms with Crippen molar-refractivity contribution < 1.29 is 0 Å². The van der Waals surface area contributed by atoms with Crippen molar-refractivity contribution in [2.24, 2.45) is 5.41 Å². The van der Waals surface area contributed by atoms with Gasteiger partial charge < -0.3 is 10.6 Å². The van der Waals surface area contributed by atoms with Crippen molar-refractivity contribution in [2.75, 3.05) is 23.7 Å². The third-order valence-electron chi connectivity index (χ3n) is 3.77. The van der Waals surface area contributed by atoms with Crippen LogP contribution in [0.3, 0.4) is 0 Å². The number of halogens is 1. The molecular weight excluding hydrogens is 232 g/mol. The van der Waals surface area contributed by atoms with E-state index >= 15 is 0 Å². The fraction of sp³-hybridized carbons (Fsp3) is 0.571. The molecule has 0 aromatic heterocycles. The number of benzene rings is 1. The van der Waals surface area contributed by atoms with Crippen molar-refractivity contribution in [3.63, 3.8) is 0 Å². The first kappa shape index (κ1) is 12.6. The van der Waals surface area contributed by atoms with Crippen molar-refractivity contribution in [3.8, 4) is 0 Å². The van der Waals surface area contributed by atoms with E-state index in [4.69, 9.17) is 17.3 Å². The Kier molecular flexibility index (Phi) is 3.26. The zero-order chi connectivity index (χ0) is 12.6. The van der Waals surface area contributed by atoms with Gasteiger partial charge in [0.15, 0.2) is 0 Å². The molecule has 0 saturated carbocycles. The lowest BCUT2D eigenvalue weighted by molar-refractivity contribution is 0.279. The van der Waals surface area contributed by atoms with Gasteiger partial charge in [-0.25, -0.2) is 0 Å². The molecule has 0 unspecified atom stereocenters. The Balaban J connectivity index is 2.21. The molecule has 1 fully saturated rings. The van der Waals surface area contributed by atoms with Gasteiger partial charge in [0.25, 0.3) is 0 Å². The second-order valence-electron chi connectivity index (χ2n) is 5.81. The summed E-state index contributed by atoms with van der Waals surface area (Å²) in [6.45, 7) is 8.99. The monoisotopic (exact) mass is 252 g/mol. The minimum Gasteiger partial charge on any atom is -0.398 e. The van der Waals surface area contributed by atoms with Gasteiger partial charge in [-0.3, -0.25) is 0 Å². The van der Waals surface area contributed by atoms with Crippen LogP contribution in [0.15, 0.2) is 12.1 Å². The number of hydrogen-bond acceptors (Lipinski definition) is 2. The molecule has 3 heteroatoms. The zero-order valence-electron chi connectivity index (χ0n) is 10.9. The Morgan fingerprint density at radius 2 is 1.82 bits per heavy atom. The van der Waals surface area contributed by atoms with Crippen LogP contribution in [0.25, 0.3) is 0 Å². The lowest BCUT2D eigenvalue weighted by Gasteiger charge is -2.39. The summed E-state index contributed by atoms with van der Waals surface area (Å²) in [5.74, 6) is 0. The summed E-state index contributed by atoms with van der Waals surface area (Å²) in [7, 11) is 0. The van der Waals surface area contributed by atoms with Gasteiger partial charge >= 0.3 is 0 Å². The Labute approximate surface area is 109 Å². The SMILES string of the molecule is Cc1cc(N)c(Cl)cc1N1CCC(C)(C)CC1. The smallest absolute Gasteiger partial charge is 0.0656 e. The zero-order valence-corrected chi connectivity index (χ0v) is 11.6. The second-order valence-corrected chi connectivity index (χ2v) is 6.22. The summed E-state index contributed by atoms with van der Waals surface area (Å²) >= 11 is 6.11. The number of piperidine rings is 1. The molecule has 0 radical (unpaired) electrons. The van der Waals surface area contributed by atoms with Gasteiger partial charge in [0.05, 0.1) is 10.7 Å². The van der Waals surface area contributed by atoms with E-state index in [1.54, 1.807) is 0 Å². The highest BCUT2D eigenvalue weighted by molar-refractivity contribution is 6.33. The van der Waals surface area contributed by atoms with Crippen LogP contribution in [0.4, 0.5) is 11.4 Å². The molecule has 0 atom stereocenters. The summed E-state index contributed by atoms with van der Waals surface area (Å²) in [5, 5.41) is 0.662. The van der Waals surface area contributed by atoms with E-state index in [0.717, 1.165) is 13.1 Å². The molecule has 1 aromatic rings. The molecule has 1 aromatic carbocycles. The second kappa shape index (κ2) is 4.41. The van der Waals surface area contributed by atoms with Crippen LogP contribution in [0.5, 0.6) is 0 Å². The Hall–Kier alpha value is -0.890. The molecular formula is C14H21ClN2. The summed E-state index contributed by atoms with van der Waals surface area (Å²) in [5.41, 5.74) is 9.41. The van der Waals surface area contributed by atoms with Crippen LogP contribution in [-0.2, 0) is 0 Å². The molecule has 17 heavy (non-hydrogen) atoms. The number of nitrogen functional groups attached to an aromatic ring is 1. The maximum Gasteiger partial charge on any atom is 0.0656 e. The lowest BCUT2D eigenvalue weighted by Crippen LogP contribution is -2.37. The predicted molar refractivity (Wildman–Crippen MR) is 75.8 cm³/mol. The van der Waals surface area contributed by atoms with Crippen molar-refractivity contribution in [2.45, 2.75) is 33.6 Å². The molecule has 1 aliphatic heterocycles. The lowest BCUT2D eigenvalue weighted by atomic mass is 9.82. The minimum atomic E-state index is 0.474. The standard InChI is InChI=1S/C14H21ClN2/c1-10-8-12(16)11(15)9-13(10)17-6-4-14(2,3)5-7-17/h8-9H,4-7,16H2,1-3H3. The number of anilines is 2. The molecule has 2 rings (SSSR count). The van der Waals surface area contributed by atoms with Crippen LogP contribution in [-0.4, -0.2) is 13.1 Å². The van der Waals surface area contributed by atoms with Gasteiger partial charge in [-0.15, -0.1) is 0 Å². The highest BCUT2D eigenvalue weighted by atomic mass is 35.5. The topological polar surface area (TPSA) is 29.3 Å². The van der Waals surface area contributed by atoms with Crippen LogP contribution >= 0.6 is 11.6 Å². The molecule has 94 valence electrons. The highest BCUT2D eigenvalue weighted by Crippen LogP contribution is 2.35. The third-order valence-corrected chi connectivity index (χ3v) is 4.10. The number of hydrogen-bond donors (Lipinski definition) is 1. The van der Waals surface area contributed by atoms with Crippen LogP contribution < -0.4 is 10.6 Å². The van der Waals surface area contributed by atoms with Gasteiger partial charge in [-0.05, 0) is 42.9 Å². The Morgan fingerprint density at radius 1 is 1.24 bits per heavy atom. The fourth-order valence-electron chi connectivity index (χ4n) is 2.39. The van der Waals surface area contributed by atoms with Crippen LogP contribution in [0, 0.1) is 12.3 Å². The van der Waals surface area contributed by atoms with Crippen molar-refractivity contribution >= 4 is 23.0 Å². The van der Waals surface area contributed by atoms with Crippen molar-refractivity contribution in [3.05, 3.63) is 22.7 Å². The Bertz CT molecular complexity index is 416. The number of aryl methyl sites for hydroxylation is 1. The van der Waals surface area contributed by atoms with E-state index in [2.05, 4.69) is 25.7 Å². The average molecular weight is 253 g/mol. The van der Waals surface area contributed by atoms with E-state index < -0.39 is 0 Å². The molecule has 1 aliphatic rings. The molecule has 2 nitrogen and oxygen atoms in total. The molecule has 1 heterocycles. The molecule has 0 aliphatic carbocycles. The Morgan fingerprint density at radius 3 is 2.41 bits per heavy atom. The van der Waals surface area contributed by atoms with Gasteiger partial charge in [0, 0.05) is 18.8 Å². The van der Waals surface area contributed by atoms with Gasteiger partial charge in [-0.2, -0.15) is 0 Å². The number of nitrogens with two attached hydrogens (primary N) is 1. The first-order valence-electron chi connectivity index (χ1n) is 6.20. The largest absolute Gasteiger partial charge is 0.398 e. The first-order valence-corrected chi connectivity index (χ1v) is 6.57. The average Bonchev–Trinajstić information content (AvgIpc) is 2.24. The minimum absolute atomic E-state index is 0.474. The quantitative estimate of drug-likeness (QED) is 0.769. The maximum absolute atomic E-state index is 6.11. The van der Waals surface area contributed by atoms with E-state index in [9.17, 15) is 0 Å². The summed E-state index contributed by atoms with van der Waals surface area (Å²) in [6.07, 6.45) is 2.46. The summed E-state index contributed by atoms with van der Waals surface area (Å²) in [6, 6.07) is 3.97. The maximum atomic E-state index is 6.11. The number of nitrogens with zero attached hydrogens (tertiary/aromatic N) is 1. The van der Waals surface area contributed by atoms with Gasteiger partial charge in [0.1, 0.15) is 0 Å². The molecule has 0 bridgehead atoms. The van der Waals surface area contributed by atoms with Gasteiger partial charge in [0.2, 0.25) is 0 Å². The van der Waals surface area contributed by atoms with E-state index in [1.165, 1.54) is 24.1 Å². The summed E-state index contributed by atoms with van der Waals surface area (Å²) in [4.78, 5) is 2.42. The molecule has 0 amide bonds. The van der Waals surface area contributed by atoms with E-state index in [0.29, 0.717) is 16.1 Å². The van der Waals surface area contributed by atoms with Crippen LogP contribution in [0.2, 0.25) is 5.02 Å². The first-order chi connectivity index (χ1) is 7.89. The molecule has 0 spiro atoms. The van der Waals surface area contributed by atoms with E-state index in [-0.39, 0.29) is 0 Å². The normalized spacial score (nSPS) is 19.4. The summed E-state index contributed by atoms with van der Waals surface area (Å²) < 4.78 is 0. The van der Waals surface area contributed by atoms with E-state index in [1.807, 2.05) is 12.1 Å². The fourth-order valence-corrected chi connectivity index (χ4v) is 2.54. The van der Waals surface area contributed by atoms with Crippen molar-refractivity contribution in [1.82, 2.24) is 0 Å². The van der Waals surface area contributed by atoms with Gasteiger partial charge in [-0.1, -0.05) is 25.4 Å². The third kappa shape index (κ3) is 2.68. The van der Waals surface area contributed by atoms with Crippen LogP contribution in [0.1, 0.15) is 32.3 Å². The molecule has 1 saturated heterocycles. The number of rotatable bonds is 1. The highest BCUT2D eigenvalue weighted by Gasteiger charge is 2.26. The van der Waals surface area contributed by atoms with Crippen molar-refractivity contribution in [1.29, 1.82) is 0 Å². The molecule has 2 N–H and O–H groups in total. The predicted octanol–water partition coefficient (Wildman–Crippen LogP) is 3.86.